The summed E-state index contributed by atoms with van der Waals surface area (Å²) in [4.78, 5) is 20.6. The van der Waals surface area contributed by atoms with E-state index in [0.29, 0.717) is 36.1 Å². The summed E-state index contributed by atoms with van der Waals surface area (Å²) in [6, 6.07) is 2.83. The van der Waals surface area contributed by atoms with E-state index < -0.39 is 52.4 Å². The largest absolute Gasteiger partial charge is 0.463 e. The molecule has 0 aliphatic carbocycles. The molecule has 1 aliphatic heterocycles. The number of rotatable bonds is 8. The van der Waals surface area contributed by atoms with Crippen LogP contribution < -0.4 is 21.1 Å². The second-order valence-electron chi connectivity index (χ2n) is 12.7. The van der Waals surface area contributed by atoms with E-state index in [4.69, 9.17) is 27.8 Å². The first-order chi connectivity index (χ1) is 23.7. The Morgan fingerprint density at radius 1 is 1.20 bits per heavy atom. The van der Waals surface area contributed by atoms with Gasteiger partial charge < -0.3 is 26.0 Å². The minimum Gasteiger partial charge on any atom is -0.463 e. The van der Waals surface area contributed by atoms with Crippen molar-refractivity contribution in [2.45, 2.75) is 32.7 Å². The van der Waals surface area contributed by atoms with Crippen molar-refractivity contribution in [1.82, 2.24) is 24.8 Å². The molecule has 0 radical (unpaired) electrons. The number of nitrogens with zero attached hydrogens (tertiary/aromatic N) is 7. The van der Waals surface area contributed by atoms with Gasteiger partial charge in [0.05, 0.1) is 27.9 Å². The highest BCUT2D eigenvalue weighted by molar-refractivity contribution is 7.23. The number of alkyl halides is 2. The van der Waals surface area contributed by atoms with Crippen LogP contribution in [0.3, 0.4) is 0 Å². The van der Waals surface area contributed by atoms with Gasteiger partial charge in [0.15, 0.2) is 5.82 Å². The predicted octanol–water partition coefficient (Wildman–Crippen LogP) is 7.21. The molecule has 4 N–H and O–H groups in total. The second kappa shape index (κ2) is 13.3. The van der Waals surface area contributed by atoms with Crippen molar-refractivity contribution >= 4 is 60.6 Å². The van der Waals surface area contributed by atoms with E-state index in [1.807, 2.05) is 18.0 Å². The highest BCUT2D eigenvalue weighted by Crippen LogP contribution is 2.47. The Bertz CT molecular complexity index is 2180. The molecule has 5 aromatic rings. The fourth-order valence-electron chi connectivity index (χ4n) is 6.70. The third-order valence-corrected chi connectivity index (χ3v) is 10.7. The number of aromatic nitrogens is 4. The molecule has 0 spiro atoms. The predicted molar refractivity (Wildman–Crippen MR) is 183 cm³/mol. The molecular weight excluding hydrogens is 701 g/mol. The number of nitrogen functional groups attached to an aromatic ring is 2. The number of likely N-dealkylation sites (tertiary alicyclic amines) is 1. The Kier molecular flexibility index (Phi) is 9.35. The third-order valence-electron chi connectivity index (χ3n) is 9.42. The number of hydrogen-bond acceptors (Lipinski definition) is 11. The van der Waals surface area contributed by atoms with E-state index in [1.54, 1.807) is 25.8 Å². The van der Waals surface area contributed by atoms with Gasteiger partial charge in [0.2, 0.25) is 6.43 Å². The Balaban J connectivity index is 1.57. The van der Waals surface area contributed by atoms with Crippen molar-refractivity contribution in [3.8, 4) is 23.2 Å². The van der Waals surface area contributed by atoms with Gasteiger partial charge in [0.25, 0.3) is 0 Å². The van der Waals surface area contributed by atoms with Crippen LogP contribution >= 0.6 is 22.9 Å². The lowest BCUT2D eigenvalue weighted by Gasteiger charge is -2.44. The highest BCUT2D eigenvalue weighted by atomic mass is 35.5. The number of hydrogen-bond donors (Lipinski definition) is 2. The fourth-order valence-corrected chi connectivity index (χ4v) is 7.92. The molecule has 10 nitrogen and oxygen atoms in total. The number of thiophene rings is 1. The topological polar surface area (TPSA) is 143 Å². The van der Waals surface area contributed by atoms with Crippen LogP contribution in [0.1, 0.15) is 37.4 Å². The quantitative estimate of drug-likeness (QED) is 0.157. The SMILES string of the molecule is C[C@H](c1cncnc1N)N(C)c1nc(OC[C@]2(C)CN(C)CC[C@@H]2C(F)F)nc2c(F)c(-c3c(F)cc(F)c4sc(N)c(C#N)c34)c(Cl)cc12. The van der Waals surface area contributed by atoms with E-state index >= 15 is 8.78 Å². The van der Waals surface area contributed by atoms with Gasteiger partial charge in [-0.05, 0) is 33.0 Å². The standard InChI is InChI=1S/C33H31ClF5N9OS/c1-14(17-10-43-13-44-29(17)41)48(4)31-15-7-19(34)23(24-20(35)8-21(36)27-22(24)16(9-40)30(42)50-27)25(37)26(15)45-32(46-31)49-12-33(2)11-47(3)6-5-18(33)28(38)39/h7-8,10,13-14,18,28H,5-6,11-12,42H2,1-4H3,(H2,41,43,44)/t14-,18-,33+/m1/s1. The van der Waals surface area contributed by atoms with Crippen LogP contribution in [0.4, 0.5) is 38.6 Å². The smallest absolute Gasteiger partial charge is 0.319 e. The third kappa shape index (κ3) is 5.96. The van der Waals surface area contributed by atoms with Crippen LogP contribution in [-0.2, 0) is 0 Å². The second-order valence-corrected chi connectivity index (χ2v) is 14.2. The van der Waals surface area contributed by atoms with Gasteiger partial charge in [0, 0.05) is 64.7 Å². The number of fused-ring (bicyclic) bond motifs is 2. The van der Waals surface area contributed by atoms with Gasteiger partial charge in [0.1, 0.15) is 46.2 Å². The molecule has 0 unspecified atom stereocenters. The number of ether oxygens (including phenoxy) is 1. The summed E-state index contributed by atoms with van der Waals surface area (Å²) in [5, 5.41) is 9.27. The van der Waals surface area contributed by atoms with Crippen LogP contribution in [0, 0.1) is 40.1 Å². The Labute approximate surface area is 292 Å². The van der Waals surface area contributed by atoms with Crippen LogP contribution in [-0.4, -0.2) is 65.1 Å². The molecule has 50 heavy (non-hydrogen) atoms. The molecule has 0 bridgehead atoms. The molecular formula is C33H31ClF5N9OS. The summed E-state index contributed by atoms with van der Waals surface area (Å²) in [5.74, 6) is -3.99. The van der Waals surface area contributed by atoms with Gasteiger partial charge >= 0.3 is 6.01 Å². The molecule has 4 heterocycles. The van der Waals surface area contributed by atoms with Crippen LogP contribution in [0.15, 0.2) is 24.7 Å². The highest BCUT2D eigenvalue weighted by Gasteiger charge is 2.44. The maximum atomic E-state index is 17.0. The summed E-state index contributed by atoms with van der Waals surface area (Å²) in [5.41, 5.74) is 10.0. The first-order valence-electron chi connectivity index (χ1n) is 15.3. The monoisotopic (exact) mass is 731 g/mol. The van der Waals surface area contributed by atoms with E-state index in [9.17, 15) is 18.4 Å². The minimum atomic E-state index is -2.61. The van der Waals surface area contributed by atoms with Gasteiger partial charge in [-0.3, -0.25) is 0 Å². The van der Waals surface area contributed by atoms with E-state index in [0.717, 1.165) is 0 Å². The zero-order valence-corrected chi connectivity index (χ0v) is 28.8. The van der Waals surface area contributed by atoms with Crippen molar-refractivity contribution in [2.75, 3.05) is 50.2 Å². The Morgan fingerprint density at radius 3 is 2.62 bits per heavy atom. The van der Waals surface area contributed by atoms with Gasteiger partial charge in [-0.25, -0.2) is 31.9 Å². The number of piperidine rings is 1. The number of nitriles is 1. The van der Waals surface area contributed by atoms with E-state index in [-0.39, 0.29) is 67.3 Å². The zero-order valence-electron chi connectivity index (χ0n) is 27.2. The van der Waals surface area contributed by atoms with Gasteiger partial charge in [-0.15, -0.1) is 11.3 Å². The van der Waals surface area contributed by atoms with E-state index in [2.05, 4.69) is 19.9 Å². The van der Waals surface area contributed by atoms with Crippen molar-refractivity contribution in [2.24, 2.45) is 11.3 Å². The van der Waals surface area contributed by atoms with Gasteiger partial charge in [-0.2, -0.15) is 15.2 Å². The van der Waals surface area contributed by atoms with Crippen molar-refractivity contribution in [3.05, 3.63) is 58.3 Å². The lowest BCUT2D eigenvalue weighted by atomic mass is 9.73. The number of benzene rings is 2. The molecule has 0 amide bonds. The lowest BCUT2D eigenvalue weighted by molar-refractivity contribution is -0.0679. The first-order valence-corrected chi connectivity index (χ1v) is 16.5. The summed E-state index contributed by atoms with van der Waals surface area (Å²) in [6.45, 7) is 4.02. The molecule has 1 saturated heterocycles. The summed E-state index contributed by atoms with van der Waals surface area (Å²) < 4.78 is 81.8. The minimum absolute atomic E-state index is 0.0755. The fraction of sp³-hybridized carbons (Fsp3) is 0.364. The summed E-state index contributed by atoms with van der Waals surface area (Å²) >= 11 is 7.42. The zero-order chi connectivity index (χ0) is 36.2. The lowest BCUT2D eigenvalue weighted by Crippen LogP contribution is -2.51. The molecule has 3 atom stereocenters. The average Bonchev–Trinajstić information content (AvgIpc) is 3.40. The molecule has 262 valence electrons. The molecule has 1 aliphatic rings. The maximum Gasteiger partial charge on any atom is 0.319 e. The van der Waals surface area contributed by atoms with Crippen molar-refractivity contribution < 1.29 is 26.7 Å². The van der Waals surface area contributed by atoms with E-state index in [1.165, 1.54) is 18.6 Å². The van der Waals surface area contributed by atoms with Crippen molar-refractivity contribution in [3.63, 3.8) is 0 Å². The molecule has 2 aromatic carbocycles. The molecule has 1 fully saturated rings. The number of halogens is 6. The maximum absolute atomic E-state index is 17.0. The van der Waals surface area contributed by atoms with Gasteiger partial charge in [-0.1, -0.05) is 18.5 Å². The molecule has 17 heteroatoms. The summed E-state index contributed by atoms with van der Waals surface area (Å²) in [7, 11) is 3.47. The normalized spacial score (nSPS) is 18.9. The number of anilines is 3. The average molecular weight is 732 g/mol. The number of nitrogens with two attached hydrogens (primary N) is 2. The molecule has 6 rings (SSSR count). The Hall–Kier alpha value is -4.59. The van der Waals surface area contributed by atoms with Crippen LogP contribution in [0.5, 0.6) is 6.01 Å². The van der Waals surface area contributed by atoms with Crippen molar-refractivity contribution in [1.29, 1.82) is 5.26 Å². The Morgan fingerprint density at radius 2 is 1.94 bits per heavy atom. The van der Waals surface area contributed by atoms with Crippen LogP contribution in [0.2, 0.25) is 5.02 Å². The molecule has 0 saturated carbocycles. The first kappa shape index (κ1) is 35.2. The van der Waals surface area contributed by atoms with Crippen LogP contribution in [0.25, 0.3) is 32.1 Å². The summed E-state index contributed by atoms with van der Waals surface area (Å²) in [6.07, 6.45) is 0.437. The molecule has 3 aromatic heterocycles.